The van der Waals surface area contributed by atoms with E-state index >= 15 is 0 Å². The predicted octanol–water partition coefficient (Wildman–Crippen LogP) is 4.42. The molecule has 1 heterocycles. The molecule has 0 spiro atoms. The molecule has 1 aliphatic heterocycles. The lowest BCUT2D eigenvalue weighted by atomic mass is 9.93. The Morgan fingerprint density at radius 3 is 2.47 bits per heavy atom. The monoisotopic (exact) mass is 477 g/mol. The Morgan fingerprint density at radius 2 is 1.90 bits per heavy atom. The minimum absolute atomic E-state index is 0.0568. The summed E-state index contributed by atoms with van der Waals surface area (Å²) in [6, 6.07) is 0. The number of allylic oxidation sites excluding steroid dienone is 2. The quantitative estimate of drug-likeness (QED) is 0.354. The summed E-state index contributed by atoms with van der Waals surface area (Å²) in [7, 11) is 2.82. The Hall–Kier alpha value is -1.96. The lowest BCUT2D eigenvalue weighted by Gasteiger charge is -2.21. The molecular weight excluding hydrogens is 457 g/mol. The van der Waals surface area contributed by atoms with Crippen LogP contribution in [-0.4, -0.2) is 35.9 Å². The normalized spacial score (nSPS) is 13.6. The van der Waals surface area contributed by atoms with Gasteiger partial charge in [0.1, 0.15) is 12.4 Å². The fraction of sp³-hybridized carbons (Fsp3) is 0.450. The number of fused-ring (bicyclic) bond motifs is 1. The van der Waals surface area contributed by atoms with E-state index < -0.39 is 15.7 Å². The molecule has 0 radical (unpaired) electrons. The summed E-state index contributed by atoms with van der Waals surface area (Å²) in [5, 5.41) is 2.55. The summed E-state index contributed by atoms with van der Waals surface area (Å²) in [6.07, 6.45) is 2.91. The highest BCUT2D eigenvalue weighted by atomic mass is 35.6. The summed E-state index contributed by atoms with van der Waals surface area (Å²) in [6.45, 7) is 3.72. The van der Waals surface area contributed by atoms with E-state index in [1.54, 1.807) is 6.92 Å². The molecule has 1 aliphatic rings. The van der Waals surface area contributed by atoms with Gasteiger partial charge in [0.2, 0.25) is 0 Å². The molecule has 2 rings (SSSR count). The molecule has 0 saturated heterocycles. The maximum absolute atomic E-state index is 12.4. The van der Waals surface area contributed by atoms with Crippen LogP contribution < -0.4 is 10.1 Å². The number of esters is 2. The molecule has 0 saturated carbocycles. The van der Waals surface area contributed by atoms with Crippen molar-refractivity contribution >= 4 is 58.3 Å². The topological polar surface area (TPSA) is 90.9 Å². The van der Waals surface area contributed by atoms with E-state index in [2.05, 4.69) is 10.1 Å². The zero-order chi connectivity index (χ0) is 22.6. The average Bonchev–Trinajstić information content (AvgIpc) is 3.07. The molecule has 0 atom stereocenters. The first kappa shape index (κ1) is 24.3. The van der Waals surface area contributed by atoms with E-state index in [0.717, 1.165) is 11.1 Å². The Balaban J connectivity index is 2.52. The van der Waals surface area contributed by atoms with Gasteiger partial charge in [-0.05, 0) is 32.3 Å². The highest BCUT2D eigenvalue weighted by Crippen LogP contribution is 2.42. The third-order valence-corrected chi connectivity index (χ3v) is 5.29. The van der Waals surface area contributed by atoms with Crippen molar-refractivity contribution in [3.8, 4) is 5.75 Å². The second-order valence-corrected chi connectivity index (χ2v) is 9.01. The fourth-order valence-corrected chi connectivity index (χ4v) is 3.30. The van der Waals surface area contributed by atoms with E-state index in [9.17, 15) is 14.4 Å². The molecule has 0 fully saturated rings. The number of carbonyl (C=O) groups excluding carboxylic acids is 3. The van der Waals surface area contributed by atoms with E-state index in [4.69, 9.17) is 44.3 Å². The number of carbonyl (C=O) groups is 3. The Morgan fingerprint density at radius 1 is 1.23 bits per heavy atom. The summed E-state index contributed by atoms with van der Waals surface area (Å²) in [5.74, 6) is -1.31. The van der Waals surface area contributed by atoms with Crippen molar-refractivity contribution in [1.82, 2.24) is 0 Å². The maximum Gasteiger partial charge on any atom is 0.341 e. The zero-order valence-electron chi connectivity index (χ0n) is 17.0. The van der Waals surface area contributed by atoms with Gasteiger partial charge in [-0.2, -0.15) is 0 Å². The minimum Gasteiger partial charge on any atom is -0.496 e. The number of ether oxygens (including phenoxy) is 3. The van der Waals surface area contributed by atoms with Gasteiger partial charge in [0.25, 0.3) is 9.70 Å². The van der Waals surface area contributed by atoms with E-state index in [0.29, 0.717) is 29.7 Å². The lowest BCUT2D eigenvalue weighted by molar-refractivity contribution is -0.140. The van der Waals surface area contributed by atoms with Gasteiger partial charge in [0, 0.05) is 17.5 Å². The van der Waals surface area contributed by atoms with Crippen LogP contribution in [0, 0.1) is 6.92 Å². The van der Waals surface area contributed by atoms with Gasteiger partial charge < -0.3 is 19.5 Å². The first-order valence-electron chi connectivity index (χ1n) is 9.01. The Bertz CT molecular complexity index is 905. The molecule has 10 heteroatoms. The summed E-state index contributed by atoms with van der Waals surface area (Å²) in [4.78, 5) is 36.1. The number of anilines is 1. The van der Waals surface area contributed by atoms with Gasteiger partial charge in [-0.15, -0.1) is 0 Å². The van der Waals surface area contributed by atoms with Crippen LogP contribution in [0.25, 0.3) is 0 Å². The van der Waals surface area contributed by atoms with Crippen LogP contribution in [0.5, 0.6) is 5.75 Å². The zero-order valence-corrected chi connectivity index (χ0v) is 19.3. The van der Waals surface area contributed by atoms with Crippen LogP contribution in [-0.2, 0) is 32.1 Å². The number of benzene rings is 1. The molecule has 7 nitrogen and oxygen atoms in total. The number of halogens is 3. The number of hydrogen-bond donors (Lipinski definition) is 1. The lowest BCUT2D eigenvalue weighted by Crippen LogP contribution is -2.28. The molecule has 1 aromatic carbocycles. The van der Waals surface area contributed by atoms with Crippen LogP contribution in [0.3, 0.4) is 0 Å². The van der Waals surface area contributed by atoms with Gasteiger partial charge >= 0.3 is 11.9 Å². The second-order valence-electron chi connectivity index (χ2n) is 6.72. The van der Waals surface area contributed by atoms with Gasteiger partial charge in [0.05, 0.1) is 25.5 Å². The number of alkyl halides is 3. The van der Waals surface area contributed by atoms with Gasteiger partial charge in [-0.25, -0.2) is 4.79 Å². The van der Waals surface area contributed by atoms with Crippen molar-refractivity contribution in [3.05, 3.63) is 33.9 Å². The van der Waals surface area contributed by atoms with E-state index in [1.165, 1.54) is 14.2 Å². The highest BCUT2D eigenvalue weighted by Gasteiger charge is 2.36. The molecule has 1 amide bonds. The highest BCUT2D eigenvalue weighted by molar-refractivity contribution is 6.76. The van der Waals surface area contributed by atoms with Crippen molar-refractivity contribution in [2.45, 2.75) is 43.5 Å². The molecule has 0 aromatic heterocycles. The smallest absolute Gasteiger partial charge is 0.341 e. The third-order valence-electron chi connectivity index (χ3n) is 4.78. The first-order valence-corrected chi connectivity index (χ1v) is 10.1. The van der Waals surface area contributed by atoms with E-state index in [-0.39, 0.29) is 30.2 Å². The van der Waals surface area contributed by atoms with Crippen molar-refractivity contribution < 1.29 is 28.6 Å². The summed E-state index contributed by atoms with van der Waals surface area (Å²) < 4.78 is 13.2. The molecule has 30 heavy (non-hydrogen) atoms. The molecule has 1 N–H and O–H groups in total. The van der Waals surface area contributed by atoms with Crippen LogP contribution in [0.1, 0.15) is 46.8 Å². The largest absolute Gasteiger partial charge is 0.496 e. The number of amides is 1. The summed E-state index contributed by atoms with van der Waals surface area (Å²) in [5.41, 5.74) is 3.18. The number of cyclic esters (lactones) is 1. The molecule has 0 bridgehead atoms. The van der Waals surface area contributed by atoms with Crippen LogP contribution >= 0.6 is 34.8 Å². The van der Waals surface area contributed by atoms with Crippen molar-refractivity contribution in [1.29, 1.82) is 0 Å². The Kier molecular flexibility index (Phi) is 8.02. The van der Waals surface area contributed by atoms with Crippen molar-refractivity contribution in [2.24, 2.45) is 0 Å². The standard InChI is InChI=1S/C20H22Cl3NO6/c1-10(6-8-14(25)28-3)5-7-12-16(24-19(27)20(21,22)23)15-13(9-30-18(15)26)11(2)17(12)29-4/h5H,6-9H2,1-4H3,(H,24,27). The predicted molar refractivity (Wildman–Crippen MR) is 114 cm³/mol. The molecular formula is C20H22Cl3NO6. The van der Waals surface area contributed by atoms with Crippen LogP contribution in [0.2, 0.25) is 0 Å². The molecule has 1 aromatic rings. The van der Waals surface area contributed by atoms with Gasteiger partial charge in [-0.1, -0.05) is 46.5 Å². The molecule has 0 aliphatic carbocycles. The number of rotatable bonds is 7. The first-order chi connectivity index (χ1) is 14.0. The van der Waals surface area contributed by atoms with Gasteiger partial charge in [0.15, 0.2) is 0 Å². The van der Waals surface area contributed by atoms with Crippen molar-refractivity contribution in [2.75, 3.05) is 19.5 Å². The minimum atomic E-state index is -2.23. The van der Waals surface area contributed by atoms with E-state index in [1.807, 2.05) is 13.0 Å². The van der Waals surface area contributed by atoms with Gasteiger partial charge in [-0.3, -0.25) is 9.59 Å². The maximum atomic E-state index is 12.4. The number of nitrogens with one attached hydrogen (secondary N) is 1. The SMILES string of the molecule is COC(=O)CCC(C)=CCc1c(NC(=O)C(Cl)(Cl)Cl)c2c(c(C)c1OC)COC2=O. The second kappa shape index (κ2) is 9.90. The third kappa shape index (κ3) is 5.39. The van der Waals surface area contributed by atoms with Crippen LogP contribution in [0.4, 0.5) is 5.69 Å². The Labute approximate surface area is 189 Å². The molecule has 0 unspecified atom stereocenters. The summed E-state index contributed by atoms with van der Waals surface area (Å²) >= 11 is 17.1. The molecule has 164 valence electrons. The average molecular weight is 479 g/mol. The number of hydrogen-bond acceptors (Lipinski definition) is 6. The van der Waals surface area contributed by atoms with Crippen LogP contribution in [0.15, 0.2) is 11.6 Å². The fourth-order valence-electron chi connectivity index (χ4n) is 3.15. The van der Waals surface area contributed by atoms with Crippen molar-refractivity contribution in [3.63, 3.8) is 0 Å². The number of methoxy groups -OCH3 is 2.